The van der Waals surface area contributed by atoms with Gasteiger partial charge in [-0.25, -0.2) is 9.50 Å². The first kappa shape index (κ1) is 16.1. The van der Waals surface area contributed by atoms with Crippen LogP contribution in [-0.4, -0.2) is 39.2 Å². The van der Waals surface area contributed by atoms with Crippen LogP contribution in [0.2, 0.25) is 0 Å². The zero-order valence-electron chi connectivity index (χ0n) is 15.5. The van der Waals surface area contributed by atoms with Crippen molar-refractivity contribution < 1.29 is 9.53 Å². The van der Waals surface area contributed by atoms with Gasteiger partial charge >= 0.3 is 0 Å². The number of hydrogen-bond acceptors (Lipinski definition) is 5. The third-order valence-corrected chi connectivity index (χ3v) is 6.42. The van der Waals surface area contributed by atoms with Crippen molar-refractivity contribution >= 4 is 17.2 Å². The van der Waals surface area contributed by atoms with Gasteiger partial charge in [0.1, 0.15) is 6.10 Å². The van der Waals surface area contributed by atoms with Crippen molar-refractivity contribution in [3.8, 4) is 0 Å². The zero-order chi connectivity index (χ0) is 18.3. The van der Waals surface area contributed by atoms with Crippen LogP contribution in [-0.2, 0) is 9.53 Å². The quantitative estimate of drug-likeness (QED) is 0.910. The molecule has 1 amide bonds. The number of carbonyl (C=O) groups excluding carboxylic acids is 1. The van der Waals surface area contributed by atoms with Crippen molar-refractivity contribution in [2.75, 3.05) is 18.0 Å². The maximum atomic E-state index is 12.1. The van der Waals surface area contributed by atoms with Gasteiger partial charge in [-0.15, -0.1) is 5.10 Å². The van der Waals surface area contributed by atoms with Crippen LogP contribution in [0, 0.1) is 18.3 Å². The molecule has 4 fully saturated rings. The van der Waals surface area contributed by atoms with Gasteiger partial charge in [0.15, 0.2) is 11.5 Å². The van der Waals surface area contributed by atoms with E-state index in [0.29, 0.717) is 24.6 Å². The Hall–Kier alpha value is -2.15. The van der Waals surface area contributed by atoms with E-state index in [0.717, 1.165) is 24.3 Å². The molecule has 3 saturated heterocycles. The highest BCUT2D eigenvalue weighted by molar-refractivity contribution is 5.84. The number of nitrogens with zero attached hydrogens (tertiary/aromatic N) is 4. The van der Waals surface area contributed by atoms with E-state index in [9.17, 15) is 4.79 Å². The van der Waals surface area contributed by atoms with Crippen molar-refractivity contribution in [3.05, 3.63) is 23.7 Å². The molecule has 1 aliphatic carbocycles. The van der Waals surface area contributed by atoms with Gasteiger partial charge in [-0.2, -0.15) is 0 Å². The molecular weight excluding hydrogens is 330 g/mol. The molecule has 2 bridgehead atoms. The number of fused-ring (bicyclic) bond motifs is 2. The number of aromatic nitrogens is 3. The summed E-state index contributed by atoms with van der Waals surface area (Å²) >= 11 is 0. The summed E-state index contributed by atoms with van der Waals surface area (Å²) in [5.74, 6) is 0.979. The Labute approximate surface area is 152 Å². The molecule has 1 saturated carbocycles. The number of pyridine rings is 1. The number of amides is 1. The normalized spacial score (nSPS) is 35.9. The summed E-state index contributed by atoms with van der Waals surface area (Å²) < 4.78 is 7.97. The number of primary amides is 1. The third-order valence-electron chi connectivity index (χ3n) is 6.42. The average molecular weight is 355 g/mol. The molecule has 7 nitrogen and oxygen atoms in total. The Kier molecular flexibility index (Phi) is 3.07. The van der Waals surface area contributed by atoms with E-state index in [2.05, 4.69) is 29.9 Å². The van der Waals surface area contributed by atoms with Gasteiger partial charge in [0, 0.05) is 13.1 Å². The van der Waals surface area contributed by atoms with Gasteiger partial charge in [-0.3, -0.25) is 4.79 Å². The molecule has 7 heteroatoms. The fourth-order valence-corrected chi connectivity index (χ4v) is 5.15. The predicted octanol–water partition coefficient (Wildman–Crippen LogP) is 1.98. The lowest BCUT2D eigenvalue weighted by molar-refractivity contribution is -0.132. The number of aryl methyl sites for hydroxylation is 1. The summed E-state index contributed by atoms with van der Waals surface area (Å²) in [6.07, 6.45) is 4.13. The summed E-state index contributed by atoms with van der Waals surface area (Å²) in [7, 11) is 0. The van der Waals surface area contributed by atoms with Gasteiger partial charge in [0.25, 0.3) is 0 Å². The van der Waals surface area contributed by atoms with E-state index in [4.69, 9.17) is 15.5 Å². The second kappa shape index (κ2) is 4.97. The summed E-state index contributed by atoms with van der Waals surface area (Å²) in [5, 5.41) is 4.69. The number of hydrogen-bond donors (Lipinski definition) is 1. The molecule has 2 aromatic heterocycles. The minimum Gasteiger partial charge on any atom is -0.370 e. The van der Waals surface area contributed by atoms with Crippen molar-refractivity contribution in [2.45, 2.75) is 51.7 Å². The molecule has 26 heavy (non-hydrogen) atoms. The van der Waals surface area contributed by atoms with Crippen LogP contribution in [0.4, 0.5) is 5.69 Å². The Bertz CT molecular complexity index is 914. The highest BCUT2D eigenvalue weighted by Gasteiger charge is 2.70. The van der Waals surface area contributed by atoms with Gasteiger partial charge in [0.2, 0.25) is 5.91 Å². The van der Waals surface area contributed by atoms with Crippen LogP contribution >= 0.6 is 0 Å². The third kappa shape index (κ3) is 2.06. The van der Waals surface area contributed by atoms with E-state index in [1.165, 1.54) is 12.1 Å². The Balaban J connectivity index is 1.54. The lowest BCUT2D eigenvalue weighted by Gasteiger charge is -2.40. The highest BCUT2D eigenvalue weighted by Crippen LogP contribution is 2.66. The summed E-state index contributed by atoms with van der Waals surface area (Å²) in [4.78, 5) is 19.2. The number of rotatable bonds is 3. The van der Waals surface area contributed by atoms with E-state index in [1.807, 2.05) is 17.6 Å². The zero-order valence-corrected chi connectivity index (χ0v) is 15.5. The second-order valence-corrected chi connectivity index (χ2v) is 8.78. The van der Waals surface area contributed by atoms with Crippen molar-refractivity contribution in [3.63, 3.8) is 0 Å². The van der Waals surface area contributed by atoms with Crippen LogP contribution in [0.3, 0.4) is 0 Å². The second-order valence-electron chi connectivity index (χ2n) is 8.78. The largest absolute Gasteiger partial charge is 0.370 e. The van der Waals surface area contributed by atoms with E-state index in [1.54, 1.807) is 0 Å². The van der Waals surface area contributed by atoms with Gasteiger partial charge < -0.3 is 15.4 Å². The molecule has 5 heterocycles. The Morgan fingerprint density at radius 3 is 2.85 bits per heavy atom. The highest BCUT2D eigenvalue weighted by atomic mass is 16.5. The maximum absolute atomic E-state index is 12.1. The topological polar surface area (TPSA) is 85.8 Å². The number of ether oxygens (including phenoxy) is 1. The number of anilines is 1. The van der Waals surface area contributed by atoms with Crippen LogP contribution in [0.25, 0.3) is 5.65 Å². The Morgan fingerprint density at radius 1 is 1.42 bits per heavy atom. The van der Waals surface area contributed by atoms with Crippen LogP contribution < -0.4 is 10.6 Å². The first-order valence-electron chi connectivity index (χ1n) is 9.39. The molecule has 2 aromatic rings. The predicted molar refractivity (Wildman–Crippen MR) is 96.8 cm³/mol. The smallest absolute Gasteiger partial charge is 0.226 e. The lowest BCUT2D eigenvalue weighted by Crippen LogP contribution is -2.50. The molecule has 0 aromatic carbocycles. The van der Waals surface area contributed by atoms with Gasteiger partial charge in [0.05, 0.1) is 22.9 Å². The number of carbonyl (C=O) groups is 1. The minimum atomic E-state index is -0.652. The molecule has 4 aliphatic rings. The molecule has 138 valence electrons. The standard InChI is InChI=1S/C19H25N5O2/c1-11-4-5-23(7-11)13-6-12(2)16-21-15(22-24(16)8-13)14-19(17(20)25)9-18(3,10-19)26-14/h6,8,11,14H,4-5,7,9-10H2,1-3H3,(H2,20,25). The first-order valence-corrected chi connectivity index (χ1v) is 9.39. The fourth-order valence-electron chi connectivity index (χ4n) is 5.15. The molecule has 0 spiro atoms. The molecule has 2 atom stereocenters. The van der Waals surface area contributed by atoms with Crippen LogP contribution in [0.1, 0.15) is 50.6 Å². The number of nitrogens with two attached hydrogens (primary N) is 1. The van der Waals surface area contributed by atoms with Crippen molar-refractivity contribution in [2.24, 2.45) is 17.1 Å². The SMILES string of the molecule is Cc1cc(N2CCC(C)C2)cn2nc(C3OC4(C)CC3(C(N)=O)C4)nc12. The van der Waals surface area contributed by atoms with Gasteiger partial charge in [-0.05, 0) is 50.7 Å². The summed E-state index contributed by atoms with van der Waals surface area (Å²) in [6.45, 7) is 8.51. The van der Waals surface area contributed by atoms with E-state index >= 15 is 0 Å². The van der Waals surface area contributed by atoms with Crippen LogP contribution in [0.15, 0.2) is 12.3 Å². The van der Waals surface area contributed by atoms with Crippen molar-refractivity contribution in [1.29, 1.82) is 0 Å². The minimum absolute atomic E-state index is 0.275. The van der Waals surface area contributed by atoms with E-state index in [-0.39, 0.29) is 11.5 Å². The lowest BCUT2D eigenvalue weighted by atomic mass is 9.60. The fraction of sp³-hybridized carbons (Fsp3) is 0.632. The molecule has 2 N–H and O–H groups in total. The molecule has 0 radical (unpaired) electrons. The monoisotopic (exact) mass is 355 g/mol. The first-order chi connectivity index (χ1) is 12.3. The Morgan fingerprint density at radius 2 is 2.19 bits per heavy atom. The van der Waals surface area contributed by atoms with Crippen molar-refractivity contribution in [1.82, 2.24) is 14.6 Å². The molecule has 2 unspecified atom stereocenters. The summed E-state index contributed by atoms with van der Waals surface area (Å²) in [5.41, 5.74) is 7.84. The molecular formula is C19H25N5O2. The molecule has 3 aliphatic heterocycles. The summed E-state index contributed by atoms with van der Waals surface area (Å²) in [6, 6.07) is 2.17. The van der Waals surface area contributed by atoms with Crippen LogP contribution in [0.5, 0.6) is 0 Å². The average Bonchev–Trinajstić information content (AvgIpc) is 3.26. The van der Waals surface area contributed by atoms with Gasteiger partial charge in [-0.1, -0.05) is 6.92 Å². The molecule has 6 rings (SSSR count). The maximum Gasteiger partial charge on any atom is 0.226 e. The van der Waals surface area contributed by atoms with E-state index < -0.39 is 11.5 Å².